The second-order valence-corrected chi connectivity index (χ2v) is 6.36. The second kappa shape index (κ2) is 5.81. The van der Waals surface area contributed by atoms with Crippen molar-refractivity contribution in [3.8, 4) is 0 Å². The minimum absolute atomic E-state index is 0.0760. The molecule has 0 aromatic carbocycles. The molecule has 0 bridgehead atoms. The van der Waals surface area contributed by atoms with E-state index in [1.807, 2.05) is 13.8 Å². The molecule has 0 aliphatic heterocycles. The van der Waals surface area contributed by atoms with Gasteiger partial charge in [0.05, 0.1) is 6.61 Å². The van der Waals surface area contributed by atoms with Gasteiger partial charge in [0.25, 0.3) is 10.0 Å². The van der Waals surface area contributed by atoms with Gasteiger partial charge in [-0.3, -0.25) is 5.10 Å². The molecular weight excluding hydrogens is 254 g/mol. The summed E-state index contributed by atoms with van der Waals surface area (Å²) in [7, 11) is -2.11. The van der Waals surface area contributed by atoms with Crippen LogP contribution in [0.4, 0.5) is 0 Å². The Morgan fingerprint density at radius 1 is 1.50 bits per heavy atom. The summed E-state index contributed by atoms with van der Waals surface area (Å²) in [5, 5.41) is 15.6. The molecule has 0 spiro atoms. The molecule has 0 amide bonds. The molecule has 0 radical (unpaired) electrons. The first kappa shape index (κ1) is 15.1. The van der Waals surface area contributed by atoms with Crippen LogP contribution in [0.2, 0.25) is 0 Å². The Morgan fingerprint density at radius 2 is 2.11 bits per heavy atom. The smallest absolute Gasteiger partial charge is 0.262 e. The number of aromatic nitrogens is 2. The third kappa shape index (κ3) is 2.73. The van der Waals surface area contributed by atoms with E-state index in [4.69, 9.17) is 0 Å². The van der Waals surface area contributed by atoms with Gasteiger partial charge in [0.1, 0.15) is 0 Å². The molecule has 18 heavy (non-hydrogen) atoms. The Balaban J connectivity index is 3.13. The third-order valence-corrected chi connectivity index (χ3v) is 5.09. The van der Waals surface area contributed by atoms with E-state index >= 15 is 0 Å². The molecule has 0 saturated heterocycles. The zero-order chi connectivity index (χ0) is 13.9. The number of aliphatic hydroxyl groups is 1. The lowest BCUT2D eigenvalue weighted by Gasteiger charge is -2.23. The van der Waals surface area contributed by atoms with Crippen molar-refractivity contribution in [3.63, 3.8) is 0 Å². The Bertz CT molecular complexity index is 496. The van der Waals surface area contributed by atoms with Crippen LogP contribution in [0.25, 0.3) is 0 Å². The summed E-state index contributed by atoms with van der Waals surface area (Å²) >= 11 is 0. The highest BCUT2D eigenvalue weighted by atomic mass is 32.2. The number of rotatable bonds is 6. The van der Waals surface area contributed by atoms with Gasteiger partial charge in [0, 0.05) is 24.3 Å². The summed E-state index contributed by atoms with van der Waals surface area (Å²) in [5.74, 6) is 0. The fourth-order valence-electron chi connectivity index (χ4n) is 1.80. The van der Waals surface area contributed by atoms with E-state index in [-0.39, 0.29) is 17.7 Å². The van der Waals surface area contributed by atoms with Crippen LogP contribution in [-0.2, 0) is 16.6 Å². The van der Waals surface area contributed by atoms with Crippen LogP contribution in [0.1, 0.15) is 37.9 Å². The predicted octanol–water partition coefficient (Wildman–Crippen LogP) is 1.02. The molecule has 1 unspecified atom stereocenters. The minimum Gasteiger partial charge on any atom is -0.392 e. The van der Waals surface area contributed by atoms with Crippen molar-refractivity contribution in [1.82, 2.24) is 14.5 Å². The van der Waals surface area contributed by atoms with E-state index < -0.39 is 10.0 Å². The standard InChI is InChI=1S/C11H21N3O3S/c1-5-6-8(2)14(4)18(16,17)11-10(7-15)9(3)12-13-11/h8,15H,5-7H2,1-4H3,(H,12,13). The zero-order valence-electron chi connectivity index (χ0n) is 11.3. The molecule has 0 fully saturated rings. The number of hydrogen-bond acceptors (Lipinski definition) is 4. The molecule has 6 nitrogen and oxygen atoms in total. The molecule has 0 aliphatic rings. The van der Waals surface area contributed by atoms with Gasteiger partial charge >= 0.3 is 0 Å². The van der Waals surface area contributed by atoms with Gasteiger partial charge in [-0.05, 0) is 20.3 Å². The van der Waals surface area contributed by atoms with Gasteiger partial charge in [0.2, 0.25) is 0 Å². The van der Waals surface area contributed by atoms with Crippen LogP contribution >= 0.6 is 0 Å². The summed E-state index contributed by atoms with van der Waals surface area (Å²) in [6, 6.07) is -0.0939. The van der Waals surface area contributed by atoms with Gasteiger partial charge < -0.3 is 5.11 Å². The minimum atomic E-state index is -3.65. The Kier molecular flexibility index (Phi) is 4.89. The summed E-state index contributed by atoms with van der Waals surface area (Å²) in [6.07, 6.45) is 1.70. The lowest BCUT2D eigenvalue weighted by atomic mass is 10.2. The number of aryl methyl sites for hydroxylation is 1. The molecule has 7 heteroatoms. The predicted molar refractivity (Wildman–Crippen MR) is 68.6 cm³/mol. The van der Waals surface area contributed by atoms with Crippen LogP contribution in [0.5, 0.6) is 0 Å². The molecule has 0 saturated carbocycles. The van der Waals surface area contributed by atoms with Crippen molar-refractivity contribution < 1.29 is 13.5 Å². The monoisotopic (exact) mass is 275 g/mol. The SMILES string of the molecule is CCCC(C)N(C)S(=O)(=O)c1n[nH]c(C)c1CO. The average molecular weight is 275 g/mol. The largest absolute Gasteiger partial charge is 0.392 e. The van der Waals surface area contributed by atoms with Gasteiger partial charge in [-0.25, -0.2) is 8.42 Å². The van der Waals surface area contributed by atoms with E-state index in [1.165, 1.54) is 4.31 Å². The first-order chi connectivity index (χ1) is 8.36. The van der Waals surface area contributed by atoms with Crippen LogP contribution in [0.3, 0.4) is 0 Å². The number of aliphatic hydroxyl groups excluding tert-OH is 1. The Morgan fingerprint density at radius 3 is 2.61 bits per heavy atom. The zero-order valence-corrected chi connectivity index (χ0v) is 12.1. The Labute approximate surface area is 108 Å². The van der Waals surface area contributed by atoms with E-state index in [1.54, 1.807) is 14.0 Å². The van der Waals surface area contributed by atoms with E-state index in [2.05, 4.69) is 10.2 Å². The number of sulfonamides is 1. The van der Waals surface area contributed by atoms with E-state index in [0.717, 1.165) is 12.8 Å². The van der Waals surface area contributed by atoms with Gasteiger partial charge in [-0.1, -0.05) is 13.3 Å². The highest BCUT2D eigenvalue weighted by Crippen LogP contribution is 2.22. The molecule has 1 aromatic rings. The van der Waals surface area contributed by atoms with Crippen LogP contribution in [0.15, 0.2) is 5.03 Å². The van der Waals surface area contributed by atoms with Crippen molar-refractivity contribution in [3.05, 3.63) is 11.3 Å². The average Bonchev–Trinajstić information content (AvgIpc) is 2.70. The van der Waals surface area contributed by atoms with E-state index in [9.17, 15) is 13.5 Å². The fourth-order valence-corrected chi connectivity index (χ4v) is 3.34. The summed E-state index contributed by atoms with van der Waals surface area (Å²) in [6.45, 7) is 5.22. The van der Waals surface area contributed by atoms with Gasteiger partial charge in [-0.15, -0.1) is 0 Å². The molecule has 2 N–H and O–H groups in total. The molecule has 0 aliphatic carbocycles. The summed E-state index contributed by atoms with van der Waals surface area (Å²) < 4.78 is 26.1. The van der Waals surface area contributed by atoms with Crippen LogP contribution < -0.4 is 0 Å². The molecule has 1 atom stereocenters. The number of nitrogens with zero attached hydrogens (tertiary/aromatic N) is 2. The van der Waals surface area contributed by atoms with Crippen molar-refractivity contribution in [1.29, 1.82) is 0 Å². The number of H-pyrrole nitrogens is 1. The first-order valence-electron chi connectivity index (χ1n) is 5.99. The van der Waals surface area contributed by atoms with Crippen LogP contribution in [0, 0.1) is 6.92 Å². The topological polar surface area (TPSA) is 86.3 Å². The van der Waals surface area contributed by atoms with Crippen molar-refractivity contribution in [2.45, 2.75) is 51.3 Å². The maximum atomic E-state index is 12.4. The quantitative estimate of drug-likeness (QED) is 0.811. The maximum Gasteiger partial charge on any atom is 0.262 e. The Hall–Kier alpha value is -0.920. The van der Waals surface area contributed by atoms with Crippen molar-refractivity contribution >= 4 is 10.0 Å². The molecule has 1 aromatic heterocycles. The normalized spacial score (nSPS) is 14.1. The molecule has 1 rings (SSSR count). The van der Waals surface area contributed by atoms with Crippen LogP contribution in [-0.4, -0.2) is 41.1 Å². The highest BCUT2D eigenvalue weighted by Gasteiger charge is 2.30. The molecule has 104 valence electrons. The summed E-state index contributed by atoms with van der Waals surface area (Å²) in [5.41, 5.74) is 0.915. The molecule has 1 heterocycles. The first-order valence-corrected chi connectivity index (χ1v) is 7.43. The number of aromatic amines is 1. The fraction of sp³-hybridized carbons (Fsp3) is 0.727. The van der Waals surface area contributed by atoms with Crippen molar-refractivity contribution in [2.24, 2.45) is 0 Å². The van der Waals surface area contributed by atoms with Crippen molar-refractivity contribution in [2.75, 3.05) is 7.05 Å². The highest BCUT2D eigenvalue weighted by molar-refractivity contribution is 7.89. The number of nitrogens with one attached hydrogen (secondary N) is 1. The van der Waals surface area contributed by atoms with E-state index in [0.29, 0.717) is 11.3 Å². The van der Waals surface area contributed by atoms with Gasteiger partial charge in [-0.2, -0.15) is 9.40 Å². The lowest BCUT2D eigenvalue weighted by Crippen LogP contribution is -2.35. The second-order valence-electron chi connectivity index (χ2n) is 4.45. The third-order valence-electron chi connectivity index (χ3n) is 3.14. The maximum absolute atomic E-state index is 12.4. The summed E-state index contributed by atoms with van der Waals surface area (Å²) in [4.78, 5) is 0. The number of hydrogen-bond donors (Lipinski definition) is 2. The lowest BCUT2D eigenvalue weighted by molar-refractivity contribution is 0.277. The molecular formula is C11H21N3O3S. The van der Waals surface area contributed by atoms with Gasteiger partial charge in [0.15, 0.2) is 5.03 Å².